The number of ether oxygens (including phenoxy) is 5. The molecule has 0 fully saturated rings. The Labute approximate surface area is 182 Å². The first kappa shape index (κ1) is 22.2. The summed E-state index contributed by atoms with van der Waals surface area (Å²) in [6.45, 7) is 4.99. The topological polar surface area (TPSA) is 75.6 Å². The van der Waals surface area contributed by atoms with Crippen LogP contribution in [0.5, 0.6) is 23.0 Å². The van der Waals surface area contributed by atoms with Gasteiger partial charge in [0.25, 0.3) is 0 Å². The van der Waals surface area contributed by atoms with E-state index in [1.165, 1.54) is 21.3 Å². The summed E-state index contributed by atoms with van der Waals surface area (Å²) >= 11 is 0. The van der Waals surface area contributed by atoms with Crippen molar-refractivity contribution in [2.24, 2.45) is 10.9 Å². The Morgan fingerprint density at radius 1 is 1.00 bits per heavy atom. The molecule has 2 aromatic rings. The van der Waals surface area contributed by atoms with Gasteiger partial charge >= 0.3 is 5.97 Å². The maximum absolute atomic E-state index is 12.3. The second-order valence-corrected chi connectivity index (χ2v) is 7.35. The Morgan fingerprint density at radius 3 is 2.19 bits per heavy atom. The number of hydrogen-bond acceptors (Lipinski definition) is 7. The average Bonchev–Trinajstić information content (AvgIpc) is 3.13. The van der Waals surface area contributed by atoms with Gasteiger partial charge in [-0.05, 0) is 48.2 Å². The predicted octanol–water partition coefficient (Wildman–Crippen LogP) is 4.48. The smallest absolute Gasteiger partial charge is 0.363 e. The van der Waals surface area contributed by atoms with Crippen LogP contribution in [0.25, 0.3) is 6.08 Å². The summed E-state index contributed by atoms with van der Waals surface area (Å²) in [6.07, 6.45) is 2.67. The van der Waals surface area contributed by atoms with Crippen molar-refractivity contribution in [1.29, 1.82) is 0 Å². The van der Waals surface area contributed by atoms with Crippen LogP contribution in [0.2, 0.25) is 0 Å². The lowest BCUT2D eigenvalue weighted by Crippen LogP contribution is -2.06. The van der Waals surface area contributed by atoms with Crippen LogP contribution < -0.4 is 18.9 Å². The molecule has 0 saturated carbocycles. The zero-order valence-electron chi connectivity index (χ0n) is 18.4. The van der Waals surface area contributed by atoms with Crippen molar-refractivity contribution < 1.29 is 28.5 Å². The molecule has 0 N–H and O–H groups in total. The molecule has 31 heavy (non-hydrogen) atoms. The number of carbonyl (C=O) groups is 1. The van der Waals surface area contributed by atoms with E-state index in [9.17, 15) is 4.79 Å². The molecule has 7 heteroatoms. The maximum atomic E-state index is 12.3. The van der Waals surface area contributed by atoms with Crippen LogP contribution >= 0.6 is 0 Å². The Morgan fingerprint density at radius 2 is 1.65 bits per heavy atom. The van der Waals surface area contributed by atoms with E-state index in [1.54, 1.807) is 18.2 Å². The Bertz CT molecular complexity index is 967. The van der Waals surface area contributed by atoms with Crippen molar-refractivity contribution in [1.82, 2.24) is 0 Å². The summed E-state index contributed by atoms with van der Waals surface area (Å²) in [6, 6.07) is 10.9. The van der Waals surface area contributed by atoms with Gasteiger partial charge in [0.2, 0.25) is 11.6 Å². The van der Waals surface area contributed by atoms with Gasteiger partial charge in [-0.2, -0.15) is 0 Å². The quantitative estimate of drug-likeness (QED) is 0.436. The second-order valence-electron chi connectivity index (χ2n) is 7.35. The molecule has 0 spiro atoms. The van der Waals surface area contributed by atoms with E-state index in [4.69, 9.17) is 23.7 Å². The standard InChI is InChI=1S/C24H27NO6/c1-15(2)10-11-30-18-8-6-16(7-9-18)12-19-24(26)31-23(25-19)17-13-20(27-3)22(29-5)21(14-17)28-4/h6-9,12-15H,10-11H2,1-5H3/b19-12-. The largest absolute Gasteiger partial charge is 0.494 e. The predicted molar refractivity (Wildman–Crippen MR) is 118 cm³/mol. The lowest BCUT2D eigenvalue weighted by molar-refractivity contribution is -0.129. The van der Waals surface area contributed by atoms with E-state index in [1.807, 2.05) is 24.3 Å². The third-order valence-corrected chi connectivity index (χ3v) is 4.68. The Hall–Kier alpha value is -3.48. The van der Waals surface area contributed by atoms with E-state index >= 15 is 0 Å². The molecular weight excluding hydrogens is 398 g/mol. The van der Waals surface area contributed by atoms with E-state index in [-0.39, 0.29) is 11.6 Å². The second kappa shape index (κ2) is 10.0. The monoisotopic (exact) mass is 425 g/mol. The minimum absolute atomic E-state index is 0.171. The number of benzene rings is 2. The summed E-state index contributed by atoms with van der Waals surface area (Å²) in [5.41, 5.74) is 1.57. The van der Waals surface area contributed by atoms with Crippen molar-refractivity contribution in [3.63, 3.8) is 0 Å². The molecule has 0 saturated heterocycles. The van der Waals surface area contributed by atoms with Gasteiger partial charge in [0, 0.05) is 5.56 Å². The first-order valence-electron chi connectivity index (χ1n) is 10.0. The molecular formula is C24H27NO6. The van der Waals surface area contributed by atoms with Crippen molar-refractivity contribution in [3.8, 4) is 23.0 Å². The van der Waals surface area contributed by atoms with Crippen LogP contribution in [0.3, 0.4) is 0 Å². The van der Waals surface area contributed by atoms with Gasteiger partial charge in [0.1, 0.15) is 5.75 Å². The molecule has 0 amide bonds. The molecule has 2 aromatic carbocycles. The fraction of sp³-hybridized carbons (Fsp3) is 0.333. The van der Waals surface area contributed by atoms with Crippen molar-refractivity contribution in [2.75, 3.05) is 27.9 Å². The highest BCUT2D eigenvalue weighted by Crippen LogP contribution is 2.39. The van der Waals surface area contributed by atoms with Gasteiger partial charge in [0.15, 0.2) is 17.2 Å². The number of cyclic esters (lactones) is 1. The van der Waals surface area contributed by atoms with Crippen molar-refractivity contribution >= 4 is 17.9 Å². The molecule has 0 aromatic heterocycles. The molecule has 1 aliphatic rings. The van der Waals surface area contributed by atoms with E-state index < -0.39 is 5.97 Å². The highest BCUT2D eigenvalue weighted by atomic mass is 16.6. The number of aliphatic imine (C=N–C) groups is 1. The van der Waals surface area contributed by atoms with Crippen LogP contribution in [0.15, 0.2) is 47.1 Å². The van der Waals surface area contributed by atoms with Gasteiger partial charge in [-0.25, -0.2) is 9.79 Å². The third kappa shape index (κ3) is 5.36. The van der Waals surface area contributed by atoms with Gasteiger partial charge in [0.05, 0.1) is 27.9 Å². The summed E-state index contributed by atoms with van der Waals surface area (Å²) < 4.78 is 27.1. The highest BCUT2D eigenvalue weighted by molar-refractivity contribution is 6.13. The zero-order chi connectivity index (χ0) is 22.4. The number of hydrogen-bond donors (Lipinski definition) is 0. The molecule has 0 atom stereocenters. The molecule has 7 nitrogen and oxygen atoms in total. The highest BCUT2D eigenvalue weighted by Gasteiger charge is 2.26. The first-order chi connectivity index (χ1) is 14.9. The first-order valence-corrected chi connectivity index (χ1v) is 10.0. The van der Waals surface area contributed by atoms with Crippen LogP contribution in [-0.2, 0) is 9.53 Å². The molecule has 3 rings (SSSR count). The van der Waals surface area contributed by atoms with Crippen LogP contribution in [0, 0.1) is 5.92 Å². The van der Waals surface area contributed by atoms with Crippen molar-refractivity contribution in [3.05, 3.63) is 53.2 Å². The van der Waals surface area contributed by atoms with E-state index in [0.717, 1.165) is 17.7 Å². The Balaban J connectivity index is 1.81. The number of esters is 1. The number of rotatable bonds is 9. The zero-order valence-corrected chi connectivity index (χ0v) is 18.4. The van der Waals surface area contributed by atoms with Crippen molar-refractivity contribution in [2.45, 2.75) is 20.3 Å². The summed E-state index contributed by atoms with van der Waals surface area (Å²) in [5.74, 6) is 2.37. The molecule has 0 aliphatic carbocycles. The molecule has 0 unspecified atom stereocenters. The van der Waals surface area contributed by atoms with Gasteiger partial charge in [-0.15, -0.1) is 0 Å². The summed E-state index contributed by atoms with van der Waals surface area (Å²) in [5, 5.41) is 0. The van der Waals surface area contributed by atoms with Gasteiger partial charge in [-0.1, -0.05) is 26.0 Å². The number of carbonyl (C=O) groups excluding carboxylic acids is 1. The Kier molecular flexibility index (Phi) is 7.18. The van der Waals surface area contributed by atoms with E-state index in [2.05, 4.69) is 18.8 Å². The van der Waals surface area contributed by atoms with Crippen LogP contribution in [0.1, 0.15) is 31.4 Å². The fourth-order valence-electron chi connectivity index (χ4n) is 2.97. The normalized spacial score (nSPS) is 14.5. The summed E-state index contributed by atoms with van der Waals surface area (Å²) in [4.78, 5) is 16.7. The van der Waals surface area contributed by atoms with Crippen LogP contribution in [0.4, 0.5) is 0 Å². The molecule has 1 aliphatic heterocycles. The minimum atomic E-state index is -0.527. The van der Waals surface area contributed by atoms with E-state index in [0.29, 0.717) is 35.3 Å². The minimum Gasteiger partial charge on any atom is -0.494 e. The third-order valence-electron chi connectivity index (χ3n) is 4.68. The lowest BCUT2D eigenvalue weighted by atomic mass is 10.1. The molecule has 0 radical (unpaired) electrons. The van der Waals surface area contributed by atoms with Gasteiger partial charge in [-0.3, -0.25) is 0 Å². The number of nitrogens with zero attached hydrogens (tertiary/aromatic N) is 1. The lowest BCUT2D eigenvalue weighted by Gasteiger charge is -2.13. The molecule has 1 heterocycles. The fourth-order valence-corrected chi connectivity index (χ4v) is 2.97. The SMILES string of the molecule is COc1cc(C2=N/C(=C\c3ccc(OCCC(C)C)cc3)C(=O)O2)cc(OC)c1OC. The molecule has 0 bridgehead atoms. The maximum Gasteiger partial charge on any atom is 0.363 e. The molecule has 164 valence electrons. The van der Waals surface area contributed by atoms with Crippen LogP contribution in [-0.4, -0.2) is 39.8 Å². The summed E-state index contributed by atoms with van der Waals surface area (Å²) in [7, 11) is 4.56. The average molecular weight is 425 g/mol. The van der Waals surface area contributed by atoms with Gasteiger partial charge < -0.3 is 23.7 Å². The number of methoxy groups -OCH3 is 3.